The molecule has 0 aliphatic heterocycles. The molecule has 29 heavy (non-hydrogen) atoms. The van der Waals surface area contributed by atoms with Crippen molar-refractivity contribution in [2.45, 2.75) is 18.9 Å². The minimum atomic E-state index is -3.26. The standard InChI is InChI=1S/C22H22ClNO4S/c1-4-22(21(25)28-2,17-8-10-18(23)11-9-17)24-14-12-19-16(6-5-7-20(19)24)13-15-29(3,26)27/h5-15H,4H2,1-3H3. The zero-order chi connectivity index (χ0) is 21.2. The van der Waals surface area contributed by atoms with Crippen LogP contribution in [0.2, 0.25) is 5.02 Å². The Morgan fingerprint density at radius 3 is 2.45 bits per heavy atom. The van der Waals surface area contributed by atoms with Crippen molar-refractivity contribution in [2.75, 3.05) is 13.4 Å². The molecule has 5 nitrogen and oxygen atoms in total. The van der Waals surface area contributed by atoms with Gasteiger partial charge in [-0.3, -0.25) is 0 Å². The molecule has 1 unspecified atom stereocenters. The van der Waals surface area contributed by atoms with Gasteiger partial charge >= 0.3 is 5.97 Å². The number of sulfone groups is 1. The monoisotopic (exact) mass is 431 g/mol. The SMILES string of the molecule is CCC(C(=O)OC)(c1ccc(Cl)cc1)n1ccc2c(C=CS(C)(=O)=O)cccc21. The van der Waals surface area contributed by atoms with Crippen molar-refractivity contribution >= 4 is 44.4 Å². The van der Waals surface area contributed by atoms with E-state index in [1.165, 1.54) is 12.5 Å². The van der Waals surface area contributed by atoms with Crippen LogP contribution in [0.15, 0.2) is 60.1 Å². The van der Waals surface area contributed by atoms with Gasteiger partial charge in [0.25, 0.3) is 0 Å². The summed E-state index contributed by atoms with van der Waals surface area (Å²) in [4.78, 5) is 13.1. The van der Waals surface area contributed by atoms with Gasteiger partial charge in [0.1, 0.15) is 0 Å². The zero-order valence-corrected chi connectivity index (χ0v) is 18.0. The lowest BCUT2D eigenvalue weighted by Gasteiger charge is -2.33. The molecule has 0 N–H and O–H groups in total. The first-order chi connectivity index (χ1) is 13.7. The summed E-state index contributed by atoms with van der Waals surface area (Å²) in [7, 11) is -1.89. The minimum Gasteiger partial charge on any atom is -0.467 e. The van der Waals surface area contributed by atoms with Crippen LogP contribution in [-0.4, -0.2) is 32.3 Å². The van der Waals surface area contributed by atoms with E-state index < -0.39 is 21.3 Å². The molecular formula is C22H22ClNO4S. The van der Waals surface area contributed by atoms with Crippen LogP contribution in [0.4, 0.5) is 0 Å². The van der Waals surface area contributed by atoms with E-state index in [0.29, 0.717) is 11.4 Å². The van der Waals surface area contributed by atoms with Crippen LogP contribution in [0.5, 0.6) is 0 Å². The number of rotatable bonds is 6. The molecule has 1 aromatic heterocycles. The fourth-order valence-electron chi connectivity index (χ4n) is 3.64. The molecule has 0 spiro atoms. The lowest BCUT2D eigenvalue weighted by molar-refractivity contribution is -0.149. The van der Waals surface area contributed by atoms with Crippen molar-refractivity contribution in [3.05, 3.63) is 76.3 Å². The van der Waals surface area contributed by atoms with Gasteiger partial charge in [-0.1, -0.05) is 42.8 Å². The highest BCUT2D eigenvalue weighted by molar-refractivity contribution is 7.93. The van der Waals surface area contributed by atoms with Crippen molar-refractivity contribution in [1.82, 2.24) is 4.57 Å². The Bertz CT molecular complexity index is 1180. The highest BCUT2D eigenvalue weighted by Gasteiger charge is 2.42. The number of fused-ring (bicyclic) bond motifs is 1. The molecule has 2 aromatic carbocycles. The Hall–Kier alpha value is -2.57. The lowest BCUT2D eigenvalue weighted by atomic mass is 9.86. The molecule has 1 heterocycles. The molecule has 0 saturated heterocycles. The molecule has 0 bridgehead atoms. The van der Waals surface area contributed by atoms with Gasteiger partial charge < -0.3 is 9.30 Å². The second kappa shape index (κ2) is 8.05. The Kier molecular flexibility index (Phi) is 5.87. The number of ether oxygens (including phenoxy) is 1. The van der Waals surface area contributed by atoms with Gasteiger partial charge in [-0.15, -0.1) is 0 Å². The number of hydrogen-bond donors (Lipinski definition) is 0. The van der Waals surface area contributed by atoms with E-state index >= 15 is 0 Å². The molecule has 0 radical (unpaired) electrons. The third-order valence-electron chi connectivity index (χ3n) is 5.03. The lowest BCUT2D eigenvalue weighted by Crippen LogP contribution is -2.43. The summed E-state index contributed by atoms with van der Waals surface area (Å²) in [6.07, 6.45) is 5.00. The van der Waals surface area contributed by atoms with Crippen LogP contribution < -0.4 is 0 Å². The Morgan fingerprint density at radius 1 is 1.17 bits per heavy atom. The highest BCUT2D eigenvalue weighted by atomic mass is 35.5. The number of carbonyl (C=O) groups excluding carboxylic acids is 1. The number of aromatic nitrogens is 1. The molecule has 0 fully saturated rings. The maximum atomic E-state index is 13.1. The van der Waals surface area contributed by atoms with E-state index in [-0.39, 0.29) is 0 Å². The molecule has 0 aliphatic carbocycles. The molecule has 3 rings (SSSR count). The largest absolute Gasteiger partial charge is 0.467 e. The summed E-state index contributed by atoms with van der Waals surface area (Å²) in [6.45, 7) is 1.92. The number of esters is 1. The van der Waals surface area contributed by atoms with Crippen molar-refractivity contribution in [3.63, 3.8) is 0 Å². The normalized spacial score (nSPS) is 14.2. The maximum Gasteiger partial charge on any atom is 0.336 e. The number of halogens is 1. The van der Waals surface area contributed by atoms with Gasteiger partial charge in [0.15, 0.2) is 15.4 Å². The van der Waals surface area contributed by atoms with Crippen LogP contribution >= 0.6 is 11.6 Å². The topological polar surface area (TPSA) is 65.4 Å². The molecule has 0 saturated carbocycles. The quantitative estimate of drug-likeness (QED) is 0.533. The summed E-state index contributed by atoms with van der Waals surface area (Å²) in [5, 5.41) is 2.59. The first kappa shape index (κ1) is 21.1. The fraction of sp³-hybridized carbons (Fsp3) is 0.227. The Morgan fingerprint density at radius 2 is 1.86 bits per heavy atom. The van der Waals surface area contributed by atoms with Crippen LogP contribution in [0, 0.1) is 0 Å². The van der Waals surface area contributed by atoms with Crippen LogP contribution in [0.3, 0.4) is 0 Å². The number of carbonyl (C=O) groups is 1. The van der Waals surface area contributed by atoms with E-state index in [1.54, 1.807) is 18.2 Å². The van der Waals surface area contributed by atoms with Gasteiger partial charge in [0, 0.05) is 33.8 Å². The molecule has 3 aromatic rings. The van der Waals surface area contributed by atoms with Crippen molar-refractivity contribution in [3.8, 4) is 0 Å². The Labute approximate surface area is 175 Å². The maximum absolute atomic E-state index is 13.1. The van der Waals surface area contributed by atoms with E-state index in [2.05, 4.69) is 0 Å². The molecule has 0 amide bonds. The highest BCUT2D eigenvalue weighted by Crippen LogP contribution is 2.36. The second-order valence-corrected chi connectivity index (χ2v) is 9.18. The van der Waals surface area contributed by atoms with Crippen molar-refractivity contribution < 1.29 is 17.9 Å². The van der Waals surface area contributed by atoms with Crippen molar-refractivity contribution in [1.29, 1.82) is 0 Å². The predicted octanol–water partition coefficient (Wildman–Crippen LogP) is 4.64. The second-order valence-electron chi connectivity index (χ2n) is 6.81. The number of nitrogens with zero attached hydrogens (tertiary/aromatic N) is 1. The molecule has 1 atom stereocenters. The first-order valence-corrected chi connectivity index (χ1v) is 11.4. The van der Waals surface area contributed by atoms with E-state index in [9.17, 15) is 13.2 Å². The van der Waals surface area contributed by atoms with Gasteiger partial charge in [-0.05, 0) is 47.9 Å². The number of hydrogen-bond acceptors (Lipinski definition) is 4. The Balaban J connectivity index is 2.28. The predicted molar refractivity (Wildman–Crippen MR) is 117 cm³/mol. The molecule has 152 valence electrons. The minimum absolute atomic E-state index is 0.392. The van der Waals surface area contributed by atoms with E-state index in [0.717, 1.165) is 28.3 Å². The van der Waals surface area contributed by atoms with Gasteiger partial charge in [-0.25, -0.2) is 13.2 Å². The average molecular weight is 432 g/mol. The molecule has 7 heteroatoms. The first-order valence-electron chi connectivity index (χ1n) is 9.06. The van der Waals surface area contributed by atoms with E-state index in [1.807, 2.05) is 54.1 Å². The van der Waals surface area contributed by atoms with Crippen molar-refractivity contribution in [2.24, 2.45) is 0 Å². The van der Waals surface area contributed by atoms with E-state index in [4.69, 9.17) is 16.3 Å². The van der Waals surface area contributed by atoms with Gasteiger partial charge in [-0.2, -0.15) is 0 Å². The third-order valence-corrected chi connectivity index (χ3v) is 5.91. The van der Waals surface area contributed by atoms with Crippen LogP contribution in [0.25, 0.3) is 17.0 Å². The molecule has 0 aliphatic rings. The smallest absolute Gasteiger partial charge is 0.336 e. The zero-order valence-electron chi connectivity index (χ0n) is 16.4. The van der Waals surface area contributed by atoms with Crippen LogP contribution in [-0.2, 0) is 24.9 Å². The summed E-state index contributed by atoms with van der Waals surface area (Å²) in [6, 6.07) is 14.6. The number of methoxy groups -OCH3 is 1. The summed E-state index contributed by atoms with van der Waals surface area (Å²) in [5.74, 6) is -0.392. The van der Waals surface area contributed by atoms with Gasteiger partial charge in [0.2, 0.25) is 0 Å². The van der Waals surface area contributed by atoms with Gasteiger partial charge in [0.05, 0.1) is 7.11 Å². The summed E-state index contributed by atoms with van der Waals surface area (Å²) >= 11 is 6.05. The number of benzene rings is 2. The van der Waals surface area contributed by atoms with Crippen LogP contribution in [0.1, 0.15) is 24.5 Å². The average Bonchev–Trinajstić information content (AvgIpc) is 3.13. The third kappa shape index (κ3) is 3.95. The summed E-state index contributed by atoms with van der Waals surface area (Å²) < 4.78 is 30.1. The molecular weight excluding hydrogens is 410 g/mol. The summed E-state index contributed by atoms with van der Waals surface area (Å²) in [5.41, 5.74) is 1.21. The fourth-order valence-corrected chi connectivity index (χ4v) is 4.15.